The van der Waals surface area contributed by atoms with Gasteiger partial charge in [-0.25, -0.2) is 0 Å². The Hall–Kier alpha value is -2.17. The highest BCUT2D eigenvalue weighted by Crippen LogP contribution is 2.52. The standard InChI is InChI=1S/C21H28O5/c1-7-21(4,19(24)26-6)12-15-13-10-8-9-11-14(13)17(22)16(15)20(2,3)18(23)25-5/h8-11,15-16H,7,12H2,1-6H3. The van der Waals surface area contributed by atoms with Crippen molar-refractivity contribution in [3.8, 4) is 0 Å². The molecule has 0 amide bonds. The second-order valence-corrected chi connectivity index (χ2v) is 7.86. The third kappa shape index (κ3) is 3.15. The number of benzene rings is 1. The Kier molecular flexibility index (Phi) is 5.59. The number of fused-ring (bicyclic) bond motifs is 1. The van der Waals surface area contributed by atoms with Crippen LogP contribution in [0.25, 0.3) is 0 Å². The molecule has 0 saturated heterocycles. The van der Waals surface area contributed by atoms with Crippen LogP contribution < -0.4 is 0 Å². The maximum atomic E-state index is 13.2. The van der Waals surface area contributed by atoms with Gasteiger partial charge in [-0.15, -0.1) is 0 Å². The minimum atomic E-state index is -1.000. The van der Waals surface area contributed by atoms with E-state index in [2.05, 4.69) is 0 Å². The van der Waals surface area contributed by atoms with Crippen LogP contribution in [0.1, 0.15) is 62.4 Å². The van der Waals surface area contributed by atoms with Crippen LogP contribution in [-0.4, -0.2) is 31.9 Å². The van der Waals surface area contributed by atoms with E-state index in [9.17, 15) is 14.4 Å². The molecule has 0 aliphatic heterocycles. The molecule has 5 heteroatoms. The zero-order valence-corrected chi connectivity index (χ0v) is 16.4. The van der Waals surface area contributed by atoms with Gasteiger partial charge in [-0.1, -0.05) is 31.2 Å². The van der Waals surface area contributed by atoms with Gasteiger partial charge in [0.15, 0.2) is 5.78 Å². The number of hydrogen-bond acceptors (Lipinski definition) is 5. The van der Waals surface area contributed by atoms with Gasteiger partial charge in [0.2, 0.25) is 0 Å². The van der Waals surface area contributed by atoms with Crippen molar-refractivity contribution in [2.24, 2.45) is 16.7 Å². The lowest BCUT2D eigenvalue weighted by Crippen LogP contribution is -2.41. The third-order valence-corrected chi connectivity index (χ3v) is 5.93. The average molecular weight is 360 g/mol. The average Bonchev–Trinajstić information content (AvgIpc) is 2.92. The Morgan fingerprint density at radius 3 is 2.15 bits per heavy atom. The summed E-state index contributed by atoms with van der Waals surface area (Å²) in [6, 6.07) is 7.41. The van der Waals surface area contributed by atoms with Crippen molar-refractivity contribution >= 4 is 17.7 Å². The number of hydrogen-bond donors (Lipinski definition) is 0. The summed E-state index contributed by atoms with van der Waals surface area (Å²) in [6.07, 6.45) is 1.02. The van der Waals surface area contributed by atoms with Crippen LogP contribution in [0, 0.1) is 16.7 Å². The highest BCUT2D eigenvalue weighted by Gasteiger charge is 2.53. The zero-order valence-electron chi connectivity index (χ0n) is 16.4. The fraction of sp³-hybridized carbons (Fsp3) is 0.571. The van der Waals surface area contributed by atoms with E-state index in [1.54, 1.807) is 19.9 Å². The molecule has 5 nitrogen and oxygen atoms in total. The van der Waals surface area contributed by atoms with Crippen LogP contribution in [0.3, 0.4) is 0 Å². The quantitative estimate of drug-likeness (QED) is 0.723. The van der Waals surface area contributed by atoms with Crippen LogP contribution in [-0.2, 0) is 19.1 Å². The summed E-state index contributed by atoms with van der Waals surface area (Å²) in [5.74, 6) is -1.62. The highest BCUT2D eigenvalue weighted by molar-refractivity contribution is 6.05. The van der Waals surface area contributed by atoms with E-state index < -0.39 is 22.7 Å². The Morgan fingerprint density at radius 1 is 1.04 bits per heavy atom. The second kappa shape index (κ2) is 7.22. The van der Waals surface area contributed by atoms with Gasteiger partial charge >= 0.3 is 11.9 Å². The zero-order chi connectivity index (χ0) is 19.7. The molecule has 0 aromatic heterocycles. The van der Waals surface area contributed by atoms with E-state index >= 15 is 0 Å². The van der Waals surface area contributed by atoms with E-state index in [1.807, 2.05) is 32.0 Å². The normalized spacial score (nSPS) is 21.7. The fourth-order valence-corrected chi connectivity index (χ4v) is 4.13. The summed E-state index contributed by atoms with van der Waals surface area (Å²) in [4.78, 5) is 38.0. The Morgan fingerprint density at radius 2 is 1.62 bits per heavy atom. The molecule has 0 N–H and O–H groups in total. The van der Waals surface area contributed by atoms with Crippen molar-refractivity contribution in [1.82, 2.24) is 0 Å². The predicted molar refractivity (Wildman–Crippen MR) is 97.8 cm³/mol. The number of Topliss-reactive ketones (excluding diaryl/α,β-unsaturated/α-hetero) is 1. The van der Waals surface area contributed by atoms with Crippen LogP contribution in [0.15, 0.2) is 24.3 Å². The van der Waals surface area contributed by atoms with Crippen molar-refractivity contribution in [1.29, 1.82) is 0 Å². The van der Waals surface area contributed by atoms with Crippen molar-refractivity contribution < 1.29 is 23.9 Å². The monoisotopic (exact) mass is 360 g/mol. The molecule has 0 bridgehead atoms. The molecule has 0 radical (unpaired) electrons. The van der Waals surface area contributed by atoms with E-state index in [-0.39, 0.29) is 17.7 Å². The second-order valence-electron chi connectivity index (χ2n) is 7.86. The van der Waals surface area contributed by atoms with Gasteiger partial charge < -0.3 is 9.47 Å². The number of ether oxygens (including phenoxy) is 2. The van der Waals surface area contributed by atoms with Crippen molar-refractivity contribution in [3.63, 3.8) is 0 Å². The molecule has 26 heavy (non-hydrogen) atoms. The van der Waals surface area contributed by atoms with Gasteiger partial charge in [0.1, 0.15) is 0 Å². The van der Waals surface area contributed by atoms with Gasteiger partial charge in [-0.2, -0.15) is 0 Å². The van der Waals surface area contributed by atoms with Crippen molar-refractivity contribution in [2.45, 2.75) is 46.5 Å². The summed E-state index contributed by atoms with van der Waals surface area (Å²) < 4.78 is 9.97. The van der Waals surface area contributed by atoms with Crippen molar-refractivity contribution in [2.75, 3.05) is 14.2 Å². The molecule has 3 unspecified atom stereocenters. The van der Waals surface area contributed by atoms with Gasteiger partial charge in [0, 0.05) is 11.5 Å². The minimum absolute atomic E-state index is 0.0654. The number of methoxy groups -OCH3 is 2. The molecular formula is C21H28O5. The Balaban J connectivity index is 2.56. The number of rotatable bonds is 6. The van der Waals surface area contributed by atoms with E-state index in [4.69, 9.17) is 9.47 Å². The molecule has 1 aliphatic carbocycles. The Labute approximate surface area is 155 Å². The lowest BCUT2D eigenvalue weighted by Gasteiger charge is -2.36. The van der Waals surface area contributed by atoms with Crippen LogP contribution >= 0.6 is 0 Å². The lowest BCUT2D eigenvalue weighted by atomic mass is 9.66. The molecular weight excluding hydrogens is 332 g/mol. The third-order valence-electron chi connectivity index (χ3n) is 5.93. The summed E-state index contributed by atoms with van der Waals surface area (Å²) in [6.45, 7) is 7.26. The first kappa shape index (κ1) is 20.1. The smallest absolute Gasteiger partial charge is 0.311 e. The highest BCUT2D eigenvalue weighted by atomic mass is 16.5. The molecule has 0 fully saturated rings. The molecule has 0 heterocycles. The maximum Gasteiger partial charge on any atom is 0.311 e. The van der Waals surface area contributed by atoms with Crippen LogP contribution in [0.5, 0.6) is 0 Å². The SMILES string of the molecule is CCC(C)(CC1c2ccccc2C(=O)C1C(C)(C)C(=O)OC)C(=O)OC. The van der Waals surface area contributed by atoms with Gasteiger partial charge in [-0.05, 0) is 45.1 Å². The molecule has 0 spiro atoms. The van der Waals surface area contributed by atoms with Crippen LogP contribution in [0.2, 0.25) is 0 Å². The van der Waals surface area contributed by atoms with E-state index in [0.717, 1.165) is 5.56 Å². The number of ketones is 1. The summed E-state index contributed by atoms with van der Waals surface area (Å²) in [7, 11) is 2.70. The summed E-state index contributed by atoms with van der Waals surface area (Å²) in [5.41, 5.74) is -0.215. The number of esters is 2. The maximum absolute atomic E-state index is 13.2. The largest absolute Gasteiger partial charge is 0.469 e. The number of carbonyl (C=O) groups is 3. The van der Waals surface area contributed by atoms with Crippen molar-refractivity contribution in [3.05, 3.63) is 35.4 Å². The molecule has 2 rings (SSSR count). The van der Waals surface area contributed by atoms with E-state index in [0.29, 0.717) is 18.4 Å². The topological polar surface area (TPSA) is 69.7 Å². The fourth-order valence-electron chi connectivity index (χ4n) is 4.13. The minimum Gasteiger partial charge on any atom is -0.469 e. The predicted octanol–water partition coefficient (Wildman–Crippen LogP) is 3.76. The molecule has 1 aliphatic rings. The number of carbonyl (C=O) groups excluding carboxylic acids is 3. The van der Waals surface area contributed by atoms with Crippen LogP contribution in [0.4, 0.5) is 0 Å². The van der Waals surface area contributed by atoms with Gasteiger partial charge in [-0.3, -0.25) is 14.4 Å². The van der Waals surface area contributed by atoms with Gasteiger partial charge in [0.25, 0.3) is 0 Å². The first-order valence-corrected chi connectivity index (χ1v) is 8.94. The molecule has 1 aromatic carbocycles. The lowest BCUT2D eigenvalue weighted by molar-refractivity contribution is -0.154. The molecule has 1 aromatic rings. The van der Waals surface area contributed by atoms with E-state index in [1.165, 1.54) is 14.2 Å². The summed E-state index contributed by atoms with van der Waals surface area (Å²) >= 11 is 0. The Bertz CT molecular complexity index is 721. The first-order chi connectivity index (χ1) is 12.1. The first-order valence-electron chi connectivity index (χ1n) is 8.94. The molecule has 142 valence electrons. The van der Waals surface area contributed by atoms with Gasteiger partial charge in [0.05, 0.1) is 25.0 Å². The summed E-state index contributed by atoms with van der Waals surface area (Å²) in [5, 5.41) is 0. The molecule has 0 saturated carbocycles. The molecule has 3 atom stereocenters.